The highest BCUT2D eigenvalue weighted by Crippen LogP contribution is 2.28. The minimum atomic E-state index is -0.628. The van der Waals surface area contributed by atoms with Gasteiger partial charge in [-0.1, -0.05) is 20.8 Å². The van der Waals surface area contributed by atoms with Gasteiger partial charge in [0.05, 0.1) is 11.9 Å². The van der Waals surface area contributed by atoms with Crippen LogP contribution in [0.5, 0.6) is 11.5 Å². The number of pyridine rings is 1. The summed E-state index contributed by atoms with van der Waals surface area (Å²) in [4.78, 5) is 20.4. The second kappa shape index (κ2) is 9.11. The number of carbonyl (C=O) groups excluding carboxylic acids is 1. The first-order valence-electron chi connectivity index (χ1n) is 10.2. The quantitative estimate of drug-likeness (QED) is 0.351. The van der Waals surface area contributed by atoms with Gasteiger partial charge < -0.3 is 14.5 Å². The van der Waals surface area contributed by atoms with Gasteiger partial charge in [0, 0.05) is 30.1 Å². The summed E-state index contributed by atoms with van der Waals surface area (Å²) < 4.78 is 25.3. The lowest BCUT2D eigenvalue weighted by atomic mass is 9.91. The third-order valence-corrected chi connectivity index (χ3v) is 4.43. The fourth-order valence-corrected chi connectivity index (χ4v) is 3.11. The van der Waals surface area contributed by atoms with Crippen LogP contribution in [0.1, 0.15) is 26.5 Å². The van der Waals surface area contributed by atoms with Crippen LogP contribution in [-0.2, 0) is 6.42 Å². The van der Waals surface area contributed by atoms with Crippen LogP contribution in [0.25, 0.3) is 11.5 Å². The minimum absolute atomic E-state index is 0.0417. The molecule has 0 bridgehead atoms. The van der Waals surface area contributed by atoms with Crippen molar-refractivity contribution >= 4 is 17.5 Å². The monoisotopic (exact) mass is 450 g/mol. The first-order valence-corrected chi connectivity index (χ1v) is 10.2. The van der Waals surface area contributed by atoms with E-state index in [0.29, 0.717) is 28.8 Å². The first kappa shape index (κ1) is 22.0. The molecule has 0 aliphatic carbocycles. The zero-order valence-electron chi connectivity index (χ0n) is 18.3. The lowest BCUT2D eigenvalue weighted by Gasteiger charge is -2.15. The number of aromatic nitrogens is 4. The van der Waals surface area contributed by atoms with Crippen molar-refractivity contribution in [1.82, 2.24) is 20.2 Å². The van der Waals surface area contributed by atoms with Crippen LogP contribution in [0.3, 0.4) is 0 Å². The Morgan fingerprint density at radius 3 is 2.73 bits per heavy atom. The van der Waals surface area contributed by atoms with Crippen LogP contribution in [0.4, 0.5) is 20.7 Å². The number of oxazole rings is 1. The van der Waals surface area contributed by atoms with Crippen molar-refractivity contribution in [3.05, 3.63) is 66.7 Å². The summed E-state index contributed by atoms with van der Waals surface area (Å²) in [5.41, 5.74) is 1.45. The van der Waals surface area contributed by atoms with E-state index in [2.05, 4.69) is 51.6 Å². The van der Waals surface area contributed by atoms with E-state index in [1.165, 1.54) is 30.8 Å². The normalized spacial score (nSPS) is 11.3. The predicted molar refractivity (Wildman–Crippen MR) is 121 cm³/mol. The van der Waals surface area contributed by atoms with Crippen molar-refractivity contribution in [2.24, 2.45) is 5.41 Å². The molecule has 3 aromatic heterocycles. The third kappa shape index (κ3) is 5.94. The van der Waals surface area contributed by atoms with Crippen molar-refractivity contribution < 1.29 is 18.3 Å². The summed E-state index contributed by atoms with van der Waals surface area (Å²) in [5.74, 6) is 1.01. The standard InChI is InChI=1S/C23H23FN6O3/c1-23(2,3)11-14-8-21(30-29-14)28-22(31)27-18-9-15(4-5-17(18)24)33-16-6-7-26-19(10-16)20-12-25-13-32-20/h4-10,12-13H,11H2,1-3H3,(H3,27,28,29,30,31). The van der Waals surface area contributed by atoms with E-state index in [1.807, 2.05) is 0 Å². The van der Waals surface area contributed by atoms with Gasteiger partial charge in [-0.3, -0.25) is 15.4 Å². The summed E-state index contributed by atoms with van der Waals surface area (Å²) in [7, 11) is 0. The highest BCUT2D eigenvalue weighted by Gasteiger charge is 2.15. The number of aromatic amines is 1. The Hall–Kier alpha value is -4.21. The summed E-state index contributed by atoms with van der Waals surface area (Å²) in [6.07, 6.45) is 5.17. The molecular weight excluding hydrogens is 427 g/mol. The van der Waals surface area contributed by atoms with E-state index in [0.717, 1.165) is 12.1 Å². The van der Waals surface area contributed by atoms with Crippen molar-refractivity contribution in [3.63, 3.8) is 0 Å². The van der Waals surface area contributed by atoms with Crippen LogP contribution >= 0.6 is 0 Å². The first-order chi connectivity index (χ1) is 15.7. The Kier molecular flexibility index (Phi) is 6.07. The average molecular weight is 450 g/mol. The molecule has 0 radical (unpaired) electrons. The number of halogens is 1. The molecule has 0 saturated heterocycles. The maximum atomic E-state index is 14.3. The lowest BCUT2D eigenvalue weighted by Crippen LogP contribution is -2.20. The highest BCUT2D eigenvalue weighted by molar-refractivity contribution is 5.99. The molecule has 10 heteroatoms. The molecule has 4 aromatic rings. The molecule has 0 fully saturated rings. The molecular formula is C23H23FN6O3. The smallest absolute Gasteiger partial charge is 0.324 e. The molecule has 4 rings (SSSR count). The average Bonchev–Trinajstić information content (AvgIpc) is 3.42. The second-order valence-electron chi connectivity index (χ2n) is 8.58. The second-order valence-corrected chi connectivity index (χ2v) is 8.58. The van der Waals surface area contributed by atoms with Gasteiger partial charge in [-0.15, -0.1) is 0 Å². The Morgan fingerprint density at radius 1 is 1.15 bits per heavy atom. The van der Waals surface area contributed by atoms with E-state index in [4.69, 9.17) is 9.15 Å². The maximum absolute atomic E-state index is 14.3. The van der Waals surface area contributed by atoms with Crippen molar-refractivity contribution in [2.45, 2.75) is 27.2 Å². The molecule has 0 aliphatic heterocycles. The Labute approximate surface area is 189 Å². The van der Waals surface area contributed by atoms with Gasteiger partial charge in [0.1, 0.15) is 23.0 Å². The largest absolute Gasteiger partial charge is 0.457 e. The fraction of sp³-hybridized carbons (Fsp3) is 0.217. The van der Waals surface area contributed by atoms with Gasteiger partial charge in [-0.25, -0.2) is 14.2 Å². The van der Waals surface area contributed by atoms with Gasteiger partial charge in [-0.2, -0.15) is 5.10 Å². The minimum Gasteiger partial charge on any atom is -0.457 e. The number of nitrogens with zero attached hydrogens (tertiary/aromatic N) is 3. The van der Waals surface area contributed by atoms with E-state index in [9.17, 15) is 9.18 Å². The topological polar surface area (TPSA) is 118 Å². The number of carbonyl (C=O) groups is 1. The van der Waals surface area contributed by atoms with Crippen molar-refractivity contribution in [2.75, 3.05) is 10.6 Å². The van der Waals surface area contributed by atoms with Crippen molar-refractivity contribution in [1.29, 1.82) is 0 Å². The molecule has 0 atom stereocenters. The molecule has 0 unspecified atom stereocenters. The van der Waals surface area contributed by atoms with Gasteiger partial charge in [0.25, 0.3) is 0 Å². The van der Waals surface area contributed by atoms with Crippen LogP contribution in [-0.4, -0.2) is 26.2 Å². The molecule has 33 heavy (non-hydrogen) atoms. The number of ether oxygens (including phenoxy) is 1. The molecule has 3 N–H and O–H groups in total. The molecule has 0 spiro atoms. The fourth-order valence-electron chi connectivity index (χ4n) is 3.11. The summed E-state index contributed by atoms with van der Waals surface area (Å²) in [6, 6.07) is 8.48. The van der Waals surface area contributed by atoms with Gasteiger partial charge in [0.2, 0.25) is 0 Å². The number of amides is 2. The van der Waals surface area contributed by atoms with E-state index >= 15 is 0 Å². The lowest BCUT2D eigenvalue weighted by molar-refractivity contribution is 0.262. The van der Waals surface area contributed by atoms with Crippen LogP contribution < -0.4 is 15.4 Å². The number of benzene rings is 1. The molecule has 0 saturated carbocycles. The van der Waals surface area contributed by atoms with Crippen LogP contribution in [0.2, 0.25) is 0 Å². The predicted octanol–water partition coefficient (Wildman–Crippen LogP) is 5.62. The molecule has 170 valence electrons. The van der Waals surface area contributed by atoms with Gasteiger partial charge >= 0.3 is 6.03 Å². The number of rotatable bonds is 6. The molecule has 2 amide bonds. The Bertz CT molecular complexity index is 1250. The summed E-state index contributed by atoms with van der Waals surface area (Å²) in [5, 5.41) is 12.0. The summed E-state index contributed by atoms with van der Waals surface area (Å²) in [6.45, 7) is 6.31. The van der Waals surface area contributed by atoms with E-state index in [-0.39, 0.29) is 11.1 Å². The number of urea groups is 1. The molecule has 9 nitrogen and oxygen atoms in total. The summed E-state index contributed by atoms with van der Waals surface area (Å²) >= 11 is 0. The number of hydrogen-bond donors (Lipinski definition) is 3. The van der Waals surface area contributed by atoms with E-state index < -0.39 is 11.8 Å². The Balaban J connectivity index is 1.42. The molecule has 1 aromatic carbocycles. The number of anilines is 2. The van der Waals surface area contributed by atoms with Gasteiger partial charge in [0.15, 0.2) is 18.0 Å². The maximum Gasteiger partial charge on any atom is 0.324 e. The zero-order valence-corrected chi connectivity index (χ0v) is 18.3. The zero-order chi connectivity index (χ0) is 23.4. The van der Waals surface area contributed by atoms with E-state index in [1.54, 1.807) is 24.4 Å². The number of nitrogens with one attached hydrogen (secondary N) is 3. The van der Waals surface area contributed by atoms with Crippen LogP contribution in [0, 0.1) is 11.2 Å². The molecule has 3 heterocycles. The van der Waals surface area contributed by atoms with Crippen LogP contribution in [0.15, 0.2) is 59.6 Å². The van der Waals surface area contributed by atoms with Gasteiger partial charge in [-0.05, 0) is 30.0 Å². The third-order valence-electron chi connectivity index (χ3n) is 4.43. The SMILES string of the molecule is CC(C)(C)Cc1cc(NC(=O)Nc2cc(Oc3ccnc(-c4cnco4)c3)ccc2F)n[nH]1. The molecule has 0 aliphatic rings. The van der Waals surface area contributed by atoms with Crippen molar-refractivity contribution in [3.8, 4) is 23.0 Å². The number of hydrogen-bond acceptors (Lipinski definition) is 6. The number of H-pyrrole nitrogens is 1. The Morgan fingerprint density at radius 2 is 1.97 bits per heavy atom. The highest BCUT2D eigenvalue weighted by atomic mass is 19.1.